The molecule has 0 amide bonds. The molecule has 1 heterocycles. The lowest BCUT2D eigenvalue weighted by molar-refractivity contribution is -0.137. The molecule has 1 N–H and O–H groups in total. The Labute approximate surface area is 97.8 Å². The molecule has 16 heavy (non-hydrogen) atoms. The fraction of sp³-hybridized carbons (Fsp3) is 0.923. The monoisotopic (exact) mass is 225 g/mol. The zero-order valence-corrected chi connectivity index (χ0v) is 10.2. The van der Waals surface area contributed by atoms with Crippen molar-refractivity contribution in [1.82, 2.24) is 4.90 Å². The number of piperidine rings is 1. The summed E-state index contributed by atoms with van der Waals surface area (Å²) in [5.74, 6) is 0.888. The van der Waals surface area contributed by atoms with E-state index in [1.807, 2.05) is 0 Å². The number of carboxylic acids is 1. The smallest absolute Gasteiger partial charge is 0.303 e. The summed E-state index contributed by atoms with van der Waals surface area (Å²) in [6, 6.07) is 0.808. The summed E-state index contributed by atoms with van der Waals surface area (Å²) in [7, 11) is 0. The van der Waals surface area contributed by atoms with Crippen molar-refractivity contribution in [3.63, 3.8) is 0 Å². The Bertz CT molecular complexity index is 248. The largest absolute Gasteiger partial charge is 0.481 e. The summed E-state index contributed by atoms with van der Waals surface area (Å²) in [5, 5.41) is 8.70. The molecule has 92 valence electrons. The van der Waals surface area contributed by atoms with Crippen LogP contribution in [0.4, 0.5) is 0 Å². The highest BCUT2D eigenvalue weighted by Gasteiger charge is 2.33. The van der Waals surface area contributed by atoms with Crippen molar-refractivity contribution in [2.45, 2.75) is 51.5 Å². The fourth-order valence-electron chi connectivity index (χ4n) is 3.15. The number of rotatable bonds is 4. The SMILES string of the molecule is CC1CC(N2CCCC(CCC(=O)O)C2)C1. The average molecular weight is 225 g/mol. The molecule has 0 aromatic rings. The topological polar surface area (TPSA) is 40.5 Å². The second-order valence-corrected chi connectivity index (χ2v) is 5.67. The van der Waals surface area contributed by atoms with Crippen molar-refractivity contribution >= 4 is 5.97 Å². The van der Waals surface area contributed by atoms with Gasteiger partial charge in [-0.05, 0) is 50.5 Å². The van der Waals surface area contributed by atoms with Crippen molar-refractivity contribution in [3.05, 3.63) is 0 Å². The first-order valence-corrected chi connectivity index (χ1v) is 6.61. The molecule has 1 unspecified atom stereocenters. The summed E-state index contributed by atoms with van der Waals surface area (Å²) in [4.78, 5) is 13.2. The van der Waals surface area contributed by atoms with Gasteiger partial charge in [0.15, 0.2) is 0 Å². The summed E-state index contributed by atoms with van der Waals surface area (Å²) < 4.78 is 0. The highest BCUT2D eigenvalue weighted by Crippen LogP contribution is 2.34. The first-order chi connectivity index (χ1) is 7.65. The Hall–Kier alpha value is -0.570. The molecule has 0 radical (unpaired) electrons. The lowest BCUT2D eigenvalue weighted by Gasteiger charge is -2.45. The van der Waals surface area contributed by atoms with Gasteiger partial charge in [-0.15, -0.1) is 0 Å². The molecule has 1 aliphatic carbocycles. The number of carbonyl (C=O) groups is 1. The summed E-state index contributed by atoms with van der Waals surface area (Å²) in [6.45, 7) is 4.70. The van der Waals surface area contributed by atoms with E-state index in [2.05, 4.69) is 11.8 Å². The van der Waals surface area contributed by atoms with E-state index in [-0.39, 0.29) is 0 Å². The standard InChI is InChI=1S/C13H23NO2/c1-10-7-12(8-10)14-6-2-3-11(9-14)4-5-13(15)16/h10-12H,2-9H2,1H3,(H,15,16). The molecule has 2 rings (SSSR count). The predicted molar refractivity (Wildman–Crippen MR) is 63.4 cm³/mol. The van der Waals surface area contributed by atoms with E-state index < -0.39 is 5.97 Å². The van der Waals surface area contributed by atoms with Gasteiger partial charge in [0, 0.05) is 19.0 Å². The van der Waals surface area contributed by atoms with Gasteiger partial charge in [-0.25, -0.2) is 0 Å². The van der Waals surface area contributed by atoms with E-state index in [1.54, 1.807) is 0 Å². The summed E-state index contributed by atoms with van der Waals surface area (Å²) >= 11 is 0. The molecule has 1 saturated heterocycles. The molecule has 3 nitrogen and oxygen atoms in total. The first-order valence-electron chi connectivity index (χ1n) is 6.61. The Morgan fingerprint density at radius 3 is 2.81 bits per heavy atom. The van der Waals surface area contributed by atoms with E-state index in [1.165, 1.54) is 32.2 Å². The lowest BCUT2D eigenvalue weighted by atomic mass is 9.79. The molecule has 1 atom stereocenters. The maximum absolute atomic E-state index is 10.6. The van der Waals surface area contributed by atoms with Gasteiger partial charge in [0.25, 0.3) is 0 Å². The molecule has 1 aliphatic heterocycles. The average Bonchev–Trinajstić information content (AvgIpc) is 2.22. The van der Waals surface area contributed by atoms with Crippen LogP contribution in [0.15, 0.2) is 0 Å². The zero-order valence-electron chi connectivity index (χ0n) is 10.2. The van der Waals surface area contributed by atoms with Crippen LogP contribution < -0.4 is 0 Å². The van der Waals surface area contributed by atoms with Gasteiger partial charge < -0.3 is 10.0 Å². The molecule has 2 fully saturated rings. The number of hydrogen-bond donors (Lipinski definition) is 1. The van der Waals surface area contributed by atoms with Crippen LogP contribution in [0, 0.1) is 11.8 Å². The van der Waals surface area contributed by atoms with Crippen LogP contribution in [0.3, 0.4) is 0 Å². The number of hydrogen-bond acceptors (Lipinski definition) is 2. The Kier molecular flexibility index (Phi) is 3.85. The molecule has 0 spiro atoms. The minimum atomic E-state index is -0.644. The third-order valence-electron chi connectivity index (χ3n) is 4.18. The normalized spacial score (nSPS) is 35.7. The van der Waals surface area contributed by atoms with Crippen molar-refractivity contribution in [3.8, 4) is 0 Å². The van der Waals surface area contributed by atoms with E-state index in [0.29, 0.717) is 12.3 Å². The lowest BCUT2D eigenvalue weighted by Crippen LogP contribution is -2.48. The van der Waals surface area contributed by atoms with Gasteiger partial charge in [-0.2, -0.15) is 0 Å². The third-order valence-corrected chi connectivity index (χ3v) is 4.18. The van der Waals surface area contributed by atoms with Crippen molar-refractivity contribution < 1.29 is 9.90 Å². The van der Waals surface area contributed by atoms with Gasteiger partial charge in [0.2, 0.25) is 0 Å². The Balaban J connectivity index is 1.73. The van der Waals surface area contributed by atoms with Gasteiger partial charge in [0.05, 0.1) is 0 Å². The van der Waals surface area contributed by atoms with E-state index in [0.717, 1.165) is 24.9 Å². The molecular formula is C13H23NO2. The van der Waals surface area contributed by atoms with Crippen LogP contribution in [-0.4, -0.2) is 35.1 Å². The van der Waals surface area contributed by atoms with Crippen LogP contribution >= 0.6 is 0 Å². The van der Waals surface area contributed by atoms with Crippen LogP contribution in [0.1, 0.15) is 45.4 Å². The highest BCUT2D eigenvalue weighted by atomic mass is 16.4. The van der Waals surface area contributed by atoms with Crippen LogP contribution in [0.25, 0.3) is 0 Å². The maximum atomic E-state index is 10.6. The van der Waals surface area contributed by atoms with E-state index >= 15 is 0 Å². The maximum Gasteiger partial charge on any atom is 0.303 e. The van der Waals surface area contributed by atoms with Crippen molar-refractivity contribution in [2.75, 3.05) is 13.1 Å². The van der Waals surface area contributed by atoms with E-state index in [4.69, 9.17) is 5.11 Å². The Morgan fingerprint density at radius 1 is 1.44 bits per heavy atom. The second kappa shape index (κ2) is 5.17. The number of carboxylic acid groups (broad SMARTS) is 1. The summed E-state index contributed by atoms with van der Waals surface area (Å²) in [6.07, 6.45) is 6.41. The van der Waals surface area contributed by atoms with Gasteiger partial charge in [-0.1, -0.05) is 6.92 Å². The number of likely N-dealkylation sites (tertiary alicyclic amines) is 1. The molecule has 1 saturated carbocycles. The molecular weight excluding hydrogens is 202 g/mol. The minimum Gasteiger partial charge on any atom is -0.481 e. The molecule has 0 bridgehead atoms. The first kappa shape index (κ1) is 11.9. The summed E-state index contributed by atoms with van der Waals surface area (Å²) in [5.41, 5.74) is 0. The van der Waals surface area contributed by atoms with E-state index in [9.17, 15) is 4.79 Å². The minimum absolute atomic E-state index is 0.347. The zero-order chi connectivity index (χ0) is 11.5. The van der Waals surface area contributed by atoms with Gasteiger partial charge in [-0.3, -0.25) is 4.79 Å². The van der Waals surface area contributed by atoms with Crippen LogP contribution in [0.5, 0.6) is 0 Å². The fourth-order valence-corrected chi connectivity index (χ4v) is 3.15. The number of aliphatic carboxylic acids is 1. The van der Waals surface area contributed by atoms with Crippen molar-refractivity contribution in [2.24, 2.45) is 11.8 Å². The van der Waals surface area contributed by atoms with Gasteiger partial charge >= 0.3 is 5.97 Å². The van der Waals surface area contributed by atoms with Crippen LogP contribution in [-0.2, 0) is 4.79 Å². The van der Waals surface area contributed by atoms with Crippen LogP contribution in [0.2, 0.25) is 0 Å². The number of nitrogens with zero attached hydrogens (tertiary/aromatic N) is 1. The third kappa shape index (κ3) is 2.97. The Morgan fingerprint density at radius 2 is 2.19 bits per heavy atom. The quantitative estimate of drug-likeness (QED) is 0.798. The molecule has 2 aliphatic rings. The van der Waals surface area contributed by atoms with Gasteiger partial charge in [0.1, 0.15) is 0 Å². The van der Waals surface area contributed by atoms with Crippen molar-refractivity contribution in [1.29, 1.82) is 0 Å². The molecule has 3 heteroatoms. The molecule has 0 aromatic carbocycles. The second-order valence-electron chi connectivity index (χ2n) is 5.67. The molecule has 0 aromatic heterocycles. The highest BCUT2D eigenvalue weighted by molar-refractivity contribution is 5.66. The predicted octanol–water partition coefficient (Wildman–Crippen LogP) is 2.36.